The van der Waals surface area contributed by atoms with Crippen molar-refractivity contribution in [1.82, 2.24) is 10.0 Å². The molecule has 9 heteroatoms. The van der Waals surface area contributed by atoms with Gasteiger partial charge in [-0.2, -0.15) is 0 Å². The zero-order valence-electron chi connectivity index (χ0n) is 16.9. The molecule has 2 amide bonds. The number of rotatable bonds is 10. The highest BCUT2D eigenvalue weighted by Crippen LogP contribution is 2.20. The van der Waals surface area contributed by atoms with Gasteiger partial charge in [-0.15, -0.1) is 0 Å². The van der Waals surface area contributed by atoms with Gasteiger partial charge in [0, 0.05) is 31.1 Å². The number of carbonyl (C=O) groups is 2. The van der Waals surface area contributed by atoms with Crippen LogP contribution in [0, 0.1) is 5.92 Å². The smallest absolute Gasteiger partial charge is 0.242 e. The molecule has 1 atom stereocenters. The highest BCUT2D eigenvalue weighted by Gasteiger charge is 2.17. The molecule has 0 heterocycles. The lowest BCUT2D eigenvalue weighted by atomic mass is 10.1. The molecule has 0 saturated carbocycles. The van der Waals surface area contributed by atoms with E-state index in [-0.39, 0.29) is 47.2 Å². The Hall–Kier alpha value is -2.42. The Bertz CT molecular complexity index is 995. The van der Waals surface area contributed by atoms with Gasteiger partial charge in [0.15, 0.2) is 0 Å². The fraction of sp³-hybridized carbons (Fsp3) is 0.333. The van der Waals surface area contributed by atoms with E-state index in [2.05, 4.69) is 15.4 Å². The number of hydrogen-bond acceptors (Lipinski definition) is 4. The molecule has 0 spiro atoms. The van der Waals surface area contributed by atoms with Crippen LogP contribution in [-0.4, -0.2) is 26.8 Å². The quantitative estimate of drug-likeness (QED) is 0.515. The maximum absolute atomic E-state index is 12.2. The van der Waals surface area contributed by atoms with Gasteiger partial charge in [0.05, 0.1) is 5.02 Å². The molecule has 30 heavy (non-hydrogen) atoms. The summed E-state index contributed by atoms with van der Waals surface area (Å²) < 4.78 is 26.9. The van der Waals surface area contributed by atoms with Crippen LogP contribution >= 0.6 is 11.6 Å². The van der Waals surface area contributed by atoms with Crippen LogP contribution in [0.3, 0.4) is 0 Å². The van der Waals surface area contributed by atoms with E-state index in [0.29, 0.717) is 5.69 Å². The van der Waals surface area contributed by atoms with Gasteiger partial charge in [0.25, 0.3) is 0 Å². The van der Waals surface area contributed by atoms with Crippen LogP contribution in [0.1, 0.15) is 32.3 Å². The van der Waals surface area contributed by atoms with Gasteiger partial charge < -0.3 is 10.6 Å². The van der Waals surface area contributed by atoms with E-state index in [4.69, 9.17) is 11.6 Å². The number of amides is 2. The highest BCUT2D eigenvalue weighted by molar-refractivity contribution is 7.89. The second-order valence-corrected chi connectivity index (χ2v) is 9.00. The Morgan fingerprint density at radius 1 is 1.10 bits per heavy atom. The number of sulfonamides is 1. The molecule has 3 N–H and O–H groups in total. The normalized spacial score (nSPS) is 12.2. The summed E-state index contributed by atoms with van der Waals surface area (Å²) in [5, 5.41) is 5.71. The van der Waals surface area contributed by atoms with E-state index in [1.165, 1.54) is 12.1 Å². The third-order valence-electron chi connectivity index (χ3n) is 4.51. The summed E-state index contributed by atoms with van der Waals surface area (Å²) in [5.41, 5.74) is 1.49. The van der Waals surface area contributed by atoms with Crippen molar-refractivity contribution in [2.45, 2.75) is 38.1 Å². The van der Waals surface area contributed by atoms with Crippen LogP contribution in [0.4, 0.5) is 5.69 Å². The van der Waals surface area contributed by atoms with E-state index in [1.807, 2.05) is 19.9 Å². The molecule has 2 rings (SSSR count). The van der Waals surface area contributed by atoms with Crippen molar-refractivity contribution >= 4 is 39.1 Å². The molecular formula is C21H26ClN3O4S. The van der Waals surface area contributed by atoms with E-state index in [1.54, 1.807) is 30.3 Å². The average Bonchev–Trinajstić information content (AvgIpc) is 2.72. The van der Waals surface area contributed by atoms with Crippen LogP contribution in [0.15, 0.2) is 53.4 Å². The molecule has 0 bridgehead atoms. The summed E-state index contributed by atoms with van der Waals surface area (Å²) in [6.07, 6.45) is 0.732. The molecule has 0 saturated heterocycles. The van der Waals surface area contributed by atoms with Gasteiger partial charge in [-0.25, -0.2) is 13.1 Å². The van der Waals surface area contributed by atoms with Crippen molar-refractivity contribution in [2.24, 2.45) is 5.92 Å². The summed E-state index contributed by atoms with van der Waals surface area (Å²) in [5.74, 6) is -0.432. The molecule has 0 aromatic heterocycles. The molecule has 0 fully saturated rings. The molecule has 2 aromatic rings. The number of benzene rings is 2. The molecular weight excluding hydrogens is 426 g/mol. The van der Waals surface area contributed by atoms with E-state index in [9.17, 15) is 18.0 Å². The number of hydrogen-bond donors (Lipinski definition) is 3. The maximum atomic E-state index is 12.2. The number of halogens is 1. The van der Waals surface area contributed by atoms with Gasteiger partial charge in [-0.3, -0.25) is 9.59 Å². The molecule has 0 aliphatic heterocycles. The number of carbonyl (C=O) groups excluding carboxylic acids is 2. The largest absolute Gasteiger partial charge is 0.352 e. The number of anilines is 1. The topological polar surface area (TPSA) is 104 Å². The predicted molar refractivity (Wildman–Crippen MR) is 118 cm³/mol. The second-order valence-electron chi connectivity index (χ2n) is 6.85. The Morgan fingerprint density at radius 2 is 1.83 bits per heavy atom. The summed E-state index contributed by atoms with van der Waals surface area (Å²) >= 11 is 5.91. The Balaban J connectivity index is 1.82. The summed E-state index contributed by atoms with van der Waals surface area (Å²) in [4.78, 5) is 24.0. The van der Waals surface area contributed by atoms with E-state index in [0.717, 1.165) is 12.0 Å². The van der Waals surface area contributed by atoms with Crippen LogP contribution in [0.25, 0.3) is 0 Å². The monoisotopic (exact) mass is 451 g/mol. The van der Waals surface area contributed by atoms with Crippen molar-refractivity contribution in [3.8, 4) is 0 Å². The lowest BCUT2D eigenvalue weighted by Crippen LogP contribution is -2.30. The van der Waals surface area contributed by atoms with Gasteiger partial charge in [0.1, 0.15) is 4.90 Å². The Morgan fingerprint density at radius 3 is 2.53 bits per heavy atom. The molecule has 162 valence electrons. The Labute approximate surface area is 182 Å². The van der Waals surface area contributed by atoms with Crippen LogP contribution in [-0.2, 0) is 26.2 Å². The lowest BCUT2D eigenvalue weighted by molar-refractivity contribution is -0.121. The minimum Gasteiger partial charge on any atom is -0.352 e. The summed E-state index contributed by atoms with van der Waals surface area (Å²) in [6.45, 7) is 4.03. The molecule has 0 aliphatic carbocycles. The van der Waals surface area contributed by atoms with Gasteiger partial charge in [-0.05, 0) is 36.2 Å². The van der Waals surface area contributed by atoms with Gasteiger partial charge >= 0.3 is 0 Å². The minimum atomic E-state index is -3.78. The molecule has 1 unspecified atom stereocenters. The maximum Gasteiger partial charge on any atom is 0.242 e. The first kappa shape index (κ1) is 23.9. The van der Waals surface area contributed by atoms with Crippen molar-refractivity contribution in [3.05, 3.63) is 59.1 Å². The Kier molecular flexibility index (Phi) is 8.83. The van der Waals surface area contributed by atoms with Gasteiger partial charge in [-0.1, -0.05) is 49.7 Å². The highest BCUT2D eigenvalue weighted by atomic mass is 35.5. The SMILES string of the molecule is CCC(C)C(=O)Nc1cccc(CNC(=O)CCNS(=O)(=O)c2ccccc2Cl)c1. The third kappa shape index (κ3) is 7.12. The first-order valence-corrected chi connectivity index (χ1v) is 11.5. The summed E-state index contributed by atoms with van der Waals surface area (Å²) in [6, 6.07) is 13.3. The first-order valence-electron chi connectivity index (χ1n) is 9.63. The van der Waals surface area contributed by atoms with Crippen LogP contribution in [0.5, 0.6) is 0 Å². The van der Waals surface area contributed by atoms with Crippen LogP contribution in [0.2, 0.25) is 5.02 Å². The standard InChI is InChI=1S/C21H26ClN3O4S/c1-3-15(2)21(27)25-17-8-6-7-16(13-17)14-23-20(26)11-12-24-30(28,29)19-10-5-4-9-18(19)22/h4-10,13,15,24H,3,11-12,14H2,1-2H3,(H,23,26)(H,25,27). The molecule has 2 aromatic carbocycles. The van der Waals surface area contributed by atoms with E-state index >= 15 is 0 Å². The fourth-order valence-corrected chi connectivity index (χ4v) is 4.09. The fourth-order valence-electron chi connectivity index (χ4n) is 2.54. The zero-order chi connectivity index (χ0) is 22.1. The third-order valence-corrected chi connectivity index (χ3v) is 6.48. The molecule has 0 radical (unpaired) electrons. The van der Waals surface area contributed by atoms with Crippen LogP contribution < -0.4 is 15.4 Å². The van der Waals surface area contributed by atoms with Crippen molar-refractivity contribution in [3.63, 3.8) is 0 Å². The minimum absolute atomic E-state index is 0.0197. The second kappa shape index (κ2) is 11.1. The lowest BCUT2D eigenvalue weighted by Gasteiger charge is -2.12. The molecule has 7 nitrogen and oxygen atoms in total. The van der Waals surface area contributed by atoms with Crippen molar-refractivity contribution in [1.29, 1.82) is 0 Å². The average molecular weight is 452 g/mol. The zero-order valence-corrected chi connectivity index (χ0v) is 18.5. The summed E-state index contributed by atoms with van der Waals surface area (Å²) in [7, 11) is -3.78. The number of nitrogens with one attached hydrogen (secondary N) is 3. The van der Waals surface area contributed by atoms with E-state index < -0.39 is 10.0 Å². The van der Waals surface area contributed by atoms with Crippen molar-refractivity contribution < 1.29 is 18.0 Å². The predicted octanol–water partition coefficient (Wildman–Crippen LogP) is 3.31. The first-order chi connectivity index (χ1) is 14.2. The van der Waals surface area contributed by atoms with Gasteiger partial charge in [0.2, 0.25) is 21.8 Å². The van der Waals surface area contributed by atoms with Crippen molar-refractivity contribution in [2.75, 3.05) is 11.9 Å². The molecule has 0 aliphatic rings.